The lowest BCUT2D eigenvalue weighted by Crippen LogP contribution is -2.20. The van der Waals surface area contributed by atoms with Gasteiger partial charge in [-0.3, -0.25) is 4.79 Å². The molecule has 0 aliphatic carbocycles. The molecule has 0 spiro atoms. The summed E-state index contributed by atoms with van der Waals surface area (Å²) in [5.41, 5.74) is 2.34. The number of amides is 1. The molecule has 1 amide bonds. The second-order valence-electron chi connectivity index (χ2n) is 5.81. The number of halogens is 1. The third kappa shape index (κ3) is 5.08. The molecule has 1 aromatic carbocycles. The molecule has 0 atom stereocenters. The number of nitrogens with one attached hydrogen (secondary N) is 1. The smallest absolute Gasteiger partial charge is 0.331 e. The second-order valence-corrected chi connectivity index (χ2v) is 6.17. The van der Waals surface area contributed by atoms with E-state index in [1.165, 1.54) is 24.5 Å². The summed E-state index contributed by atoms with van der Waals surface area (Å²) in [4.78, 5) is 23.5. The molecule has 2 aromatic heterocycles. The SMILES string of the molecule is Cc1nn(Cc2ccccc2)c(Cl)c1/C=C/C(=O)OCC(=O)Nc1ccon1. The highest BCUT2D eigenvalue weighted by Gasteiger charge is 2.12. The first-order valence-corrected chi connectivity index (χ1v) is 8.72. The summed E-state index contributed by atoms with van der Waals surface area (Å²) in [5.74, 6) is -0.966. The van der Waals surface area contributed by atoms with E-state index >= 15 is 0 Å². The second kappa shape index (κ2) is 9.01. The molecule has 0 unspecified atom stereocenters. The van der Waals surface area contributed by atoms with Crippen molar-refractivity contribution in [1.82, 2.24) is 14.9 Å². The Morgan fingerprint density at radius 2 is 2.07 bits per heavy atom. The molecule has 0 aliphatic rings. The Morgan fingerprint density at radius 3 is 2.79 bits per heavy atom. The fourth-order valence-electron chi connectivity index (χ4n) is 2.41. The van der Waals surface area contributed by atoms with E-state index in [1.54, 1.807) is 11.6 Å². The zero-order chi connectivity index (χ0) is 19.9. The first-order valence-electron chi connectivity index (χ1n) is 8.35. The molecular weight excluding hydrogens is 384 g/mol. The van der Waals surface area contributed by atoms with Gasteiger partial charge in [0.2, 0.25) is 0 Å². The van der Waals surface area contributed by atoms with Gasteiger partial charge in [0.15, 0.2) is 12.4 Å². The van der Waals surface area contributed by atoms with Crippen molar-refractivity contribution in [3.05, 3.63) is 70.7 Å². The standard InChI is InChI=1S/C19H17ClN4O4/c1-13-15(19(20)24(22-13)11-14-5-3-2-4-6-14)7-8-18(26)27-12-17(25)21-16-9-10-28-23-16/h2-10H,11-12H2,1H3,(H,21,23,25)/b8-7+. The maximum atomic E-state index is 11.9. The highest BCUT2D eigenvalue weighted by Crippen LogP contribution is 2.22. The number of ether oxygens (including phenoxy) is 1. The lowest BCUT2D eigenvalue weighted by atomic mass is 10.2. The van der Waals surface area contributed by atoms with Gasteiger partial charge in [-0.15, -0.1) is 0 Å². The zero-order valence-electron chi connectivity index (χ0n) is 15.0. The van der Waals surface area contributed by atoms with Crippen LogP contribution in [0.5, 0.6) is 0 Å². The van der Waals surface area contributed by atoms with Crippen LogP contribution < -0.4 is 5.32 Å². The summed E-state index contributed by atoms with van der Waals surface area (Å²) in [7, 11) is 0. The van der Waals surface area contributed by atoms with Gasteiger partial charge in [0, 0.05) is 17.7 Å². The van der Waals surface area contributed by atoms with Gasteiger partial charge >= 0.3 is 5.97 Å². The van der Waals surface area contributed by atoms with Gasteiger partial charge in [-0.1, -0.05) is 47.1 Å². The Kier molecular flexibility index (Phi) is 6.23. The van der Waals surface area contributed by atoms with Gasteiger partial charge in [-0.05, 0) is 18.6 Å². The fraction of sp³-hybridized carbons (Fsp3) is 0.158. The Hall–Kier alpha value is -3.39. The van der Waals surface area contributed by atoms with Crippen LogP contribution in [0.4, 0.5) is 5.82 Å². The first kappa shape index (κ1) is 19.4. The largest absolute Gasteiger partial charge is 0.452 e. The zero-order valence-corrected chi connectivity index (χ0v) is 15.7. The van der Waals surface area contributed by atoms with Crippen LogP contribution >= 0.6 is 11.6 Å². The average Bonchev–Trinajstić information content (AvgIpc) is 3.28. The van der Waals surface area contributed by atoms with Gasteiger partial charge in [-0.2, -0.15) is 5.10 Å². The van der Waals surface area contributed by atoms with Crippen molar-refractivity contribution in [3.8, 4) is 0 Å². The minimum Gasteiger partial charge on any atom is -0.452 e. The highest BCUT2D eigenvalue weighted by atomic mass is 35.5. The number of benzene rings is 1. The molecule has 28 heavy (non-hydrogen) atoms. The molecule has 0 fully saturated rings. The van der Waals surface area contributed by atoms with Gasteiger partial charge in [0.25, 0.3) is 5.91 Å². The number of carbonyl (C=O) groups is 2. The molecule has 0 aliphatic heterocycles. The number of anilines is 1. The van der Waals surface area contributed by atoms with Crippen LogP contribution in [0.2, 0.25) is 5.15 Å². The summed E-state index contributed by atoms with van der Waals surface area (Å²) in [6, 6.07) is 11.2. The van der Waals surface area contributed by atoms with Gasteiger partial charge in [0.1, 0.15) is 11.4 Å². The van der Waals surface area contributed by atoms with E-state index in [0.717, 1.165) is 5.56 Å². The van der Waals surface area contributed by atoms with Gasteiger partial charge in [-0.25, -0.2) is 9.48 Å². The van der Waals surface area contributed by atoms with Crippen molar-refractivity contribution in [1.29, 1.82) is 0 Å². The lowest BCUT2D eigenvalue weighted by Gasteiger charge is -2.03. The van der Waals surface area contributed by atoms with Crippen molar-refractivity contribution in [2.75, 3.05) is 11.9 Å². The number of hydrogen-bond donors (Lipinski definition) is 1. The summed E-state index contributed by atoms with van der Waals surface area (Å²) in [6.07, 6.45) is 4.03. The number of rotatable bonds is 7. The van der Waals surface area contributed by atoms with Gasteiger partial charge in [0.05, 0.1) is 12.2 Å². The molecule has 9 heteroatoms. The molecule has 0 bridgehead atoms. The van der Waals surface area contributed by atoms with Crippen LogP contribution in [0.3, 0.4) is 0 Å². The van der Waals surface area contributed by atoms with Crippen LogP contribution in [0.15, 0.2) is 53.3 Å². The molecule has 1 N–H and O–H groups in total. The average molecular weight is 401 g/mol. The Balaban J connectivity index is 1.57. The van der Waals surface area contributed by atoms with Crippen molar-refractivity contribution in [3.63, 3.8) is 0 Å². The van der Waals surface area contributed by atoms with E-state index in [4.69, 9.17) is 16.3 Å². The molecular formula is C19H17ClN4O4. The Labute approximate surface area is 165 Å². The van der Waals surface area contributed by atoms with Crippen LogP contribution in [-0.4, -0.2) is 33.4 Å². The first-order chi connectivity index (χ1) is 13.5. The third-order valence-corrected chi connectivity index (χ3v) is 4.12. The maximum Gasteiger partial charge on any atom is 0.331 e. The topological polar surface area (TPSA) is 99.2 Å². The number of nitrogens with zero attached hydrogens (tertiary/aromatic N) is 3. The summed E-state index contributed by atoms with van der Waals surface area (Å²) >= 11 is 6.39. The van der Waals surface area contributed by atoms with Crippen LogP contribution in [0.25, 0.3) is 6.08 Å². The molecule has 2 heterocycles. The highest BCUT2D eigenvalue weighted by molar-refractivity contribution is 6.31. The molecule has 0 radical (unpaired) electrons. The molecule has 8 nitrogen and oxygen atoms in total. The minimum absolute atomic E-state index is 0.241. The lowest BCUT2D eigenvalue weighted by molar-refractivity contribution is -0.142. The van der Waals surface area contributed by atoms with E-state index in [9.17, 15) is 9.59 Å². The molecule has 0 saturated carbocycles. The van der Waals surface area contributed by atoms with E-state index in [0.29, 0.717) is 23.0 Å². The number of hydrogen-bond acceptors (Lipinski definition) is 6. The van der Waals surface area contributed by atoms with E-state index in [2.05, 4.69) is 20.1 Å². The van der Waals surface area contributed by atoms with E-state index < -0.39 is 18.5 Å². The van der Waals surface area contributed by atoms with Crippen molar-refractivity contribution < 1.29 is 18.8 Å². The Bertz CT molecular complexity index is 981. The van der Waals surface area contributed by atoms with Crippen LogP contribution in [0.1, 0.15) is 16.8 Å². The van der Waals surface area contributed by atoms with E-state index in [-0.39, 0.29) is 5.82 Å². The number of aromatic nitrogens is 3. The van der Waals surface area contributed by atoms with Crippen molar-refractivity contribution in [2.24, 2.45) is 0 Å². The molecule has 0 saturated heterocycles. The van der Waals surface area contributed by atoms with Crippen LogP contribution in [-0.2, 0) is 20.9 Å². The minimum atomic E-state index is -0.679. The summed E-state index contributed by atoms with van der Waals surface area (Å²) < 4.78 is 11.1. The Morgan fingerprint density at radius 1 is 1.29 bits per heavy atom. The van der Waals surface area contributed by atoms with Crippen LogP contribution in [0, 0.1) is 6.92 Å². The maximum absolute atomic E-state index is 11.9. The third-order valence-electron chi connectivity index (χ3n) is 3.72. The summed E-state index contributed by atoms with van der Waals surface area (Å²) in [5, 5.41) is 10.8. The van der Waals surface area contributed by atoms with Crippen molar-refractivity contribution in [2.45, 2.75) is 13.5 Å². The monoisotopic (exact) mass is 400 g/mol. The van der Waals surface area contributed by atoms with E-state index in [1.807, 2.05) is 30.3 Å². The number of aryl methyl sites for hydroxylation is 1. The normalized spacial score (nSPS) is 10.9. The molecule has 144 valence electrons. The van der Waals surface area contributed by atoms with Crippen molar-refractivity contribution >= 4 is 35.4 Å². The number of esters is 1. The number of carbonyl (C=O) groups excluding carboxylic acids is 2. The van der Waals surface area contributed by atoms with Gasteiger partial charge < -0.3 is 14.6 Å². The predicted molar refractivity (Wildman–Crippen MR) is 103 cm³/mol. The summed E-state index contributed by atoms with van der Waals surface area (Å²) in [6.45, 7) is 1.86. The predicted octanol–water partition coefficient (Wildman–Crippen LogP) is 3.08. The molecule has 3 aromatic rings. The molecule has 3 rings (SSSR count). The fourth-order valence-corrected chi connectivity index (χ4v) is 2.71. The quantitative estimate of drug-likeness (QED) is 0.483.